The summed E-state index contributed by atoms with van der Waals surface area (Å²) >= 11 is 0. The summed E-state index contributed by atoms with van der Waals surface area (Å²) in [7, 11) is -2.59. The molecule has 32 heavy (non-hydrogen) atoms. The predicted octanol–water partition coefficient (Wildman–Crippen LogP) is 4.35. The number of sulfonamides is 1. The summed E-state index contributed by atoms with van der Waals surface area (Å²) in [6.07, 6.45) is 0.108. The molecule has 0 aromatic heterocycles. The summed E-state index contributed by atoms with van der Waals surface area (Å²) in [5, 5.41) is 2.70. The minimum absolute atomic E-state index is 0.108. The number of benzene rings is 3. The Bertz CT molecular complexity index is 1180. The van der Waals surface area contributed by atoms with Crippen molar-refractivity contribution in [1.29, 1.82) is 0 Å². The van der Waals surface area contributed by atoms with Gasteiger partial charge in [0.25, 0.3) is 10.0 Å². The van der Waals surface area contributed by atoms with Gasteiger partial charge < -0.3 is 14.8 Å². The van der Waals surface area contributed by atoms with E-state index in [4.69, 9.17) is 9.47 Å². The van der Waals surface area contributed by atoms with Crippen molar-refractivity contribution >= 4 is 27.3 Å². The molecule has 3 rings (SSSR count). The fourth-order valence-corrected chi connectivity index (χ4v) is 3.86. The molecule has 0 saturated heterocycles. The fourth-order valence-electron chi connectivity index (χ4n) is 2.80. The van der Waals surface area contributed by atoms with E-state index in [9.17, 15) is 17.6 Å². The summed E-state index contributed by atoms with van der Waals surface area (Å²) in [5.41, 5.74) is 1.62. The maximum atomic E-state index is 13.1. The van der Waals surface area contributed by atoms with Gasteiger partial charge in [-0.25, -0.2) is 12.8 Å². The molecule has 3 aromatic rings. The Morgan fingerprint density at radius 1 is 1.00 bits per heavy atom. The summed E-state index contributed by atoms with van der Waals surface area (Å²) in [5.74, 6) is 0.0916. The number of rotatable bonds is 9. The Kier molecular flexibility index (Phi) is 7.32. The maximum absolute atomic E-state index is 13.1. The number of nitrogens with one attached hydrogen (secondary N) is 2. The molecule has 0 aliphatic rings. The Balaban J connectivity index is 1.65. The van der Waals surface area contributed by atoms with E-state index >= 15 is 0 Å². The van der Waals surface area contributed by atoms with Crippen LogP contribution in [0.3, 0.4) is 0 Å². The molecule has 0 saturated carbocycles. The second kappa shape index (κ2) is 10.1. The van der Waals surface area contributed by atoms with E-state index in [2.05, 4.69) is 10.0 Å². The zero-order valence-corrected chi connectivity index (χ0v) is 18.4. The van der Waals surface area contributed by atoms with Gasteiger partial charge in [0, 0.05) is 5.69 Å². The Hall–Kier alpha value is -3.59. The molecule has 2 N–H and O–H groups in total. The van der Waals surface area contributed by atoms with Crippen molar-refractivity contribution in [3.05, 3.63) is 78.1 Å². The van der Waals surface area contributed by atoms with Crippen LogP contribution in [0.1, 0.15) is 12.0 Å². The van der Waals surface area contributed by atoms with Crippen molar-refractivity contribution in [2.75, 3.05) is 23.8 Å². The summed E-state index contributed by atoms with van der Waals surface area (Å²) < 4.78 is 51.5. The zero-order valence-electron chi connectivity index (χ0n) is 17.6. The smallest absolute Gasteiger partial charge is 0.262 e. The van der Waals surface area contributed by atoms with Crippen molar-refractivity contribution < 1.29 is 27.1 Å². The monoisotopic (exact) mass is 458 g/mol. The van der Waals surface area contributed by atoms with Gasteiger partial charge in [-0.05, 0) is 61.5 Å². The van der Waals surface area contributed by atoms with Crippen LogP contribution in [-0.2, 0) is 14.8 Å². The Labute approximate surface area is 186 Å². The van der Waals surface area contributed by atoms with Crippen LogP contribution >= 0.6 is 0 Å². The zero-order chi connectivity index (χ0) is 23.1. The molecular weight excluding hydrogens is 435 g/mol. The first-order valence-electron chi connectivity index (χ1n) is 9.72. The van der Waals surface area contributed by atoms with Crippen LogP contribution in [0.25, 0.3) is 0 Å². The largest absolute Gasteiger partial charge is 0.495 e. The maximum Gasteiger partial charge on any atom is 0.262 e. The van der Waals surface area contributed by atoms with Crippen LogP contribution in [0.15, 0.2) is 71.6 Å². The lowest BCUT2D eigenvalue weighted by Crippen LogP contribution is -2.16. The number of anilines is 2. The van der Waals surface area contributed by atoms with Crippen LogP contribution in [0.2, 0.25) is 0 Å². The number of aryl methyl sites for hydroxylation is 1. The third kappa shape index (κ3) is 6.21. The number of carbonyl (C=O) groups excluding carboxylic acids is 1. The first kappa shape index (κ1) is 23.1. The lowest BCUT2D eigenvalue weighted by atomic mass is 10.2. The Morgan fingerprint density at radius 3 is 2.34 bits per heavy atom. The van der Waals surface area contributed by atoms with Gasteiger partial charge in [-0.1, -0.05) is 17.7 Å². The van der Waals surface area contributed by atoms with Crippen molar-refractivity contribution in [2.24, 2.45) is 0 Å². The predicted molar refractivity (Wildman–Crippen MR) is 120 cm³/mol. The first-order valence-corrected chi connectivity index (χ1v) is 11.2. The van der Waals surface area contributed by atoms with Gasteiger partial charge in [0.1, 0.15) is 17.3 Å². The van der Waals surface area contributed by atoms with Gasteiger partial charge in [0.15, 0.2) is 0 Å². The van der Waals surface area contributed by atoms with E-state index in [1.54, 1.807) is 6.07 Å². The lowest BCUT2D eigenvalue weighted by molar-refractivity contribution is -0.116. The van der Waals surface area contributed by atoms with Crippen LogP contribution < -0.4 is 19.5 Å². The van der Waals surface area contributed by atoms with Crippen LogP contribution in [0.5, 0.6) is 11.5 Å². The van der Waals surface area contributed by atoms with Gasteiger partial charge in [-0.2, -0.15) is 0 Å². The third-order valence-electron chi connectivity index (χ3n) is 4.47. The van der Waals surface area contributed by atoms with Crippen molar-refractivity contribution in [1.82, 2.24) is 0 Å². The highest BCUT2D eigenvalue weighted by Crippen LogP contribution is 2.30. The standard InChI is InChI=1S/C23H23FN2O5S/c1-16-3-8-19(9-4-16)31-14-13-23(27)25-18-7-12-22(30-2)21(15-18)26-32(28,29)20-10-5-17(24)6-11-20/h3-12,15,26H,13-14H2,1-2H3,(H,25,27). The second-order valence-electron chi connectivity index (χ2n) is 6.93. The first-order chi connectivity index (χ1) is 15.3. The van der Waals surface area contributed by atoms with Gasteiger partial charge in [-0.15, -0.1) is 0 Å². The van der Waals surface area contributed by atoms with E-state index < -0.39 is 15.8 Å². The molecule has 0 unspecified atom stereocenters. The van der Waals surface area contributed by atoms with Crippen molar-refractivity contribution in [2.45, 2.75) is 18.2 Å². The average Bonchev–Trinajstić information content (AvgIpc) is 2.75. The van der Waals surface area contributed by atoms with E-state index in [-0.39, 0.29) is 35.3 Å². The molecule has 9 heteroatoms. The van der Waals surface area contributed by atoms with Crippen LogP contribution in [-0.4, -0.2) is 28.0 Å². The molecular formula is C23H23FN2O5S. The van der Waals surface area contributed by atoms with Crippen LogP contribution in [0, 0.1) is 12.7 Å². The van der Waals surface area contributed by atoms with Gasteiger partial charge in [0.2, 0.25) is 5.91 Å². The molecule has 0 aliphatic heterocycles. The van der Waals surface area contributed by atoms with E-state index in [0.29, 0.717) is 11.4 Å². The number of halogens is 1. The topological polar surface area (TPSA) is 93.7 Å². The number of hydrogen-bond donors (Lipinski definition) is 2. The second-order valence-corrected chi connectivity index (χ2v) is 8.62. The quantitative estimate of drug-likeness (QED) is 0.497. The van der Waals surface area contributed by atoms with E-state index in [1.165, 1.54) is 19.2 Å². The molecule has 7 nitrogen and oxygen atoms in total. The summed E-state index contributed by atoms with van der Waals surface area (Å²) in [6.45, 7) is 2.16. The fraction of sp³-hybridized carbons (Fsp3) is 0.174. The number of amides is 1. The molecule has 0 atom stereocenters. The van der Waals surface area contributed by atoms with Gasteiger partial charge >= 0.3 is 0 Å². The highest BCUT2D eigenvalue weighted by molar-refractivity contribution is 7.92. The highest BCUT2D eigenvalue weighted by Gasteiger charge is 2.17. The van der Waals surface area contributed by atoms with Gasteiger partial charge in [0.05, 0.1) is 30.7 Å². The third-order valence-corrected chi connectivity index (χ3v) is 5.85. The molecule has 0 heterocycles. The summed E-state index contributed by atoms with van der Waals surface area (Å²) in [6, 6.07) is 16.5. The van der Waals surface area contributed by atoms with Crippen molar-refractivity contribution in [3.8, 4) is 11.5 Å². The minimum atomic E-state index is -3.99. The number of ether oxygens (including phenoxy) is 2. The molecule has 3 aromatic carbocycles. The van der Waals surface area contributed by atoms with Crippen molar-refractivity contribution in [3.63, 3.8) is 0 Å². The molecule has 0 spiro atoms. The van der Waals surface area contributed by atoms with Gasteiger partial charge in [-0.3, -0.25) is 9.52 Å². The van der Waals surface area contributed by atoms with E-state index in [0.717, 1.165) is 29.8 Å². The highest BCUT2D eigenvalue weighted by atomic mass is 32.2. The number of methoxy groups -OCH3 is 1. The molecule has 0 fully saturated rings. The number of hydrogen-bond acceptors (Lipinski definition) is 5. The lowest BCUT2D eigenvalue weighted by Gasteiger charge is -2.14. The van der Waals surface area contributed by atoms with Crippen LogP contribution in [0.4, 0.5) is 15.8 Å². The molecule has 0 radical (unpaired) electrons. The molecule has 0 bridgehead atoms. The Morgan fingerprint density at radius 2 is 1.69 bits per heavy atom. The molecule has 1 amide bonds. The normalized spacial score (nSPS) is 11.0. The number of carbonyl (C=O) groups is 1. The molecule has 168 valence electrons. The minimum Gasteiger partial charge on any atom is -0.495 e. The average molecular weight is 459 g/mol. The molecule has 0 aliphatic carbocycles. The summed E-state index contributed by atoms with van der Waals surface area (Å²) in [4.78, 5) is 12.2. The van der Waals surface area contributed by atoms with E-state index in [1.807, 2.05) is 31.2 Å². The SMILES string of the molecule is COc1ccc(NC(=O)CCOc2ccc(C)cc2)cc1NS(=O)(=O)c1ccc(F)cc1.